The van der Waals surface area contributed by atoms with E-state index in [-0.39, 0.29) is 11.7 Å². The summed E-state index contributed by atoms with van der Waals surface area (Å²) in [7, 11) is 0. The van der Waals surface area contributed by atoms with Gasteiger partial charge in [-0.15, -0.1) is 0 Å². The molecule has 2 fully saturated rings. The van der Waals surface area contributed by atoms with Crippen molar-refractivity contribution in [3.05, 3.63) is 35.1 Å². The van der Waals surface area contributed by atoms with Crippen molar-refractivity contribution in [3.63, 3.8) is 0 Å². The van der Waals surface area contributed by atoms with Gasteiger partial charge in [0.1, 0.15) is 5.82 Å². The van der Waals surface area contributed by atoms with Gasteiger partial charge in [0.05, 0.1) is 0 Å². The Labute approximate surface area is 124 Å². The van der Waals surface area contributed by atoms with Gasteiger partial charge >= 0.3 is 0 Å². The topological polar surface area (TPSA) is 61.9 Å². The largest absolute Gasteiger partial charge is 0.409 e. The zero-order valence-corrected chi connectivity index (χ0v) is 12.1. The van der Waals surface area contributed by atoms with Gasteiger partial charge in [-0.1, -0.05) is 17.6 Å². The molecule has 0 spiro atoms. The van der Waals surface area contributed by atoms with Crippen LogP contribution in [0.1, 0.15) is 43.2 Å². The third-order valence-corrected chi connectivity index (χ3v) is 4.94. The highest BCUT2D eigenvalue weighted by Gasteiger charge is 2.35. The molecular weight excluding hydrogens is 269 g/mol. The molecule has 2 aliphatic rings. The van der Waals surface area contributed by atoms with E-state index in [4.69, 9.17) is 10.9 Å². The number of piperidine rings is 1. The number of hydrogen-bond acceptors (Lipinski definition) is 3. The normalized spacial score (nSPS) is 26.8. The Bertz CT molecular complexity index is 546. The summed E-state index contributed by atoms with van der Waals surface area (Å²) in [6, 6.07) is 5.19. The van der Waals surface area contributed by atoms with Crippen molar-refractivity contribution >= 4 is 5.84 Å². The highest BCUT2D eigenvalue weighted by atomic mass is 19.1. The number of oxime groups is 1. The van der Waals surface area contributed by atoms with Crippen molar-refractivity contribution < 1.29 is 9.60 Å². The zero-order chi connectivity index (χ0) is 14.8. The van der Waals surface area contributed by atoms with E-state index in [2.05, 4.69) is 10.1 Å². The number of amidine groups is 1. The smallest absolute Gasteiger partial charge is 0.170 e. The number of likely N-dealkylation sites (tertiary alicyclic amines) is 1. The van der Waals surface area contributed by atoms with Crippen LogP contribution in [-0.2, 0) is 6.54 Å². The maximum absolute atomic E-state index is 13.4. The minimum absolute atomic E-state index is 0.0236. The number of benzene rings is 1. The van der Waals surface area contributed by atoms with Crippen molar-refractivity contribution in [2.75, 3.05) is 6.54 Å². The molecule has 0 amide bonds. The fourth-order valence-electron chi connectivity index (χ4n) is 3.95. The summed E-state index contributed by atoms with van der Waals surface area (Å²) in [4.78, 5) is 2.49. The third kappa shape index (κ3) is 2.88. The Morgan fingerprint density at radius 1 is 1.33 bits per heavy atom. The lowest BCUT2D eigenvalue weighted by Gasteiger charge is -2.38. The number of nitrogens with zero attached hydrogens (tertiary/aromatic N) is 2. The molecule has 114 valence electrons. The fourth-order valence-corrected chi connectivity index (χ4v) is 3.95. The molecule has 1 saturated heterocycles. The Balaban J connectivity index is 1.84. The van der Waals surface area contributed by atoms with Crippen LogP contribution in [0, 0.1) is 11.7 Å². The molecule has 1 saturated carbocycles. The van der Waals surface area contributed by atoms with Crippen LogP contribution in [0.2, 0.25) is 0 Å². The number of halogens is 1. The molecule has 1 aromatic carbocycles. The minimum Gasteiger partial charge on any atom is -0.409 e. The summed E-state index contributed by atoms with van der Waals surface area (Å²) in [6.07, 6.45) is 6.45. The lowest BCUT2D eigenvalue weighted by Crippen LogP contribution is -2.42. The van der Waals surface area contributed by atoms with Crippen LogP contribution in [0.3, 0.4) is 0 Å². The molecule has 0 bridgehead atoms. The maximum atomic E-state index is 13.4. The summed E-state index contributed by atoms with van der Waals surface area (Å²) in [5.41, 5.74) is 7.12. The molecule has 5 heteroatoms. The standard InChI is InChI=1S/C16H22FN3O/c17-13-7-6-12(14(9-13)16(18)19-21)10-20-8-2-4-11-3-1-5-15(11)20/h6-7,9,11,15,21H,1-5,8,10H2,(H2,18,19). The molecule has 2 atom stereocenters. The van der Waals surface area contributed by atoms with Crippen molar-refractivity contribution in [1.82, 2.24) is 4.90 Å². The van der Waals surface area contributed by atoms with Crippen LogP contribution < -0.4 is 5.73 Å². The predicted molar refractivity (Wildman–Crippen MR) is 79.7 cm³/mol. The first-order valence-corrected chi connectivity index (χ1v) is 7.69. The van der Waals surface area contributed by atoms with Crippen LogP contribution in [-0.4, -0.2) is 28.5 Å². The molecule has 2 unspecified atom stereocenters. The SMILES string of the molecule is NC(=NO)c1cc(F)ccc1CN1CCCC2CCCC21. The Hall–Kier alpha value is -1.62. The van der Waals surface area contributed by atoms with Crippen molar-refractivity contribution in [1.29, 1.82) is 0 Å². The maximum Gasteiger partial charge on any atom is 0.170 e. The van der Waals surface area contributed by atoms with Gasteiger partial charge in [0.25, 0.3) is 0 Å². The van der Waals surface area contributed by atoms with Gasteiger partial charge in [-0.25, -0.2) is 4.39 Å². The second-order valence-corrected chi connectivity index (χ2v) is 6.16. The van der Waals surface area contributed by atoms with Gasteiger partial charge in [0.15, 0.2) is 5.84 Å². The molecule has 4 nitrogen and oxygen atoms in total. The monoisotopic (exact) mass is 291 g/mol. The van der Waals surface area contributed by atoms with Crippen LogP contribution in [0.4, 0.5) is 4.39 Å². The molecule has 0 aromatic heterocycles. The summed E-state index contributed by atoms with van der Waals surface area (Å²) in [6.45, 7) is 1.82. The Kier molecular flexibility index (Phi) is 4.10. The van der Waals surface area contributed by atoms with Gasteiger partial charge in [0, 0.05) is 18.2 Å². The first kappa shape index (κ1) is 14.3. The molecule has 21 heavy (non-hydrogen) atoms. The molecule has 1 aliphatic heterocycles. The van der Waals surface area contributed by atoms with E-state index >= 15 is 0 Å². The number of hydrogen-bond donors (Lipinski definition) is 2. The predicted octanol–water partition coefficient (Wildman–Crippen LogP) is 2.68. The molecule has 1 aliphatic carbocycles. The van der Waals surface area contributed by atoms with Crippen LogP contribution in [0.5, 0.6) is 0 Å². The average Bonchev–Trinajstić information content (AvgIpc) is 2.97. The van der Waals surface area contributed by atoms with Gasteiger partial charge < -0.3 is 10.9 Å². The molecule has 1 heterocycles. The minimum atomic E-state index is -0.363. The van der Waals surface area contributed by atoms with E-state index in [9.17, 15) is 4.39 Å². The van der Waals surface area contributed by atoms with E-state index in [1.54, 1.807) is 6.07 Å². The summed E-state index contributed by atoms with van der Waals surface area (Å²) in [5, 5.41) is 11.9. The van der Waals surface area contributed by atoms with Crippen molar-refractivity contribution in [2.45, 2.75) is 44.7 Å². The van der Waals surface area contributed by atoms with E-state index < -0.39 is 0 Å². The number of nitrogens with two attached hydrogens (primary N) is 1. The van der Waals surface area contributed by atoms with E-state index in [1.807, 2.05) is 0 Å². The quantitative estimate of drug-likeness (QED) is 0.389. The van der Waals surface area contributed by atoms with Gasteiger partial charge in [0.2, 0.25) is 0 Å². The van der Waals surface area contributed by atoms with Crippen LogP contribution >= 0.6 is 0 Å². The number of rotatable bonds is 3. The number of fused-ring (bicyclic) bond motifs is 1. The van der Waals surface area contributed by atoms with Gasteiger partial charge in [-0.05, 0) is 55.8 Å². The zero-order valence-electron chi connectivity index (χ0n) is 12.1. The molecule has 0 radical (unpaired) electrons. The fraction of sp³-hybridized carbons (Fsp3) is 0.562. The summed E-state index contributed by atoms with van der Waals surface area (Å²) >= 11 is 0. The van der Waals surface area contributed by atoms with E-state index in [0.717, 1.165) is 24.6 Å². The Morgan fingerprint density at radius 3 is 2.95 bits per heavy atom. The van der Waals surface area contributed by atoms with Crippen LogP contribution in [0.25, 0.3) is 0 Å². The molecule has 3 rings (SSSR count). The average molecular weight is 291 g/mol. The van der Waals surface area contributed by atoms with Crippen molar-refractivity contribution in [3.8, 4) is 0 Å². The second kappa shape index (κ2) is 6.02. The van der Waals surface area contributed by atoms with Crippen molar-refractivity contribution in [2.24, 2.45) is 16.8 Å². The first-order valence-electron chi connectivity index (χ1n) is 7.69. The van der Waals surface area contributed by atoms with Gasteiger partial charge in [-0.3, -0.25) is 4.90 Å². The lowest BCUT2D eigenvalue weighted by molar-refractivity contribution is 0.106. The Morgan fingerprint density at radius 2 is 2.14 bits per heavy atom. The highest BCUT2D eigenvalue weighted by molar-refractivity contribution is 5.98. The molecule has 1 aromatic rings. The highest BCUT2D eigenvalue weighted by Crippen LogP contribution is 2.37. The van der Waals surface area contributed by atoms with E-state index in [1.165, 1.54) is 44.2 Å². The third-order valence-electron chi connectivity index (χ3n) is 4.94. The van der Waals surface area contributed by atoms with Gasteiger partial charge in [-0.2, -0.15) is 0 Å². The molecular formula is C16H22FN3O. The summed E-state index contributed by atoms with van der Waals surface area (Å²) in [5.74, 6) is 0.425. The molecule has 3 N–H and O–H groups in total. The van der Waals surface area contributed by atoms with E-state index in [0.29, 0.717) is 11.6 Å². The first-order chi connectivity index (χ1) is 10.2. The summed E-state index contributed by atoms with van der Waals surface area (Å²) < 4.78 is 13.4. The lowest BCUT2D eigenvalue weighted by atomic mass is 9.91. The van der Waals surface area contributed by atoms with Crippen LogP contribution in [0.15, 0.2) is 23.4 Å². The second-order valence-electron chi connectivity index (χ2n) is 6.16.